The lowest BCUT2D eigenvalue weighted by Gasteiger charge is -2.36. The first kappa shape index (κ1) is 14.1. The number of halogens is 2. The van der Waals surface area contributed by atoms with Gasteiger partial charge in [-0.05, 0) is 50.0 Å². The lowest BCUT2D eigenvalue weighted by Crippen LogP contribution is -2.43. The van der Waals surface area contributed by atoms with Crippen molar-refractivity contribution in [1.29, 1.82) is 0 Å². The maximum absolute atomic E-state index is 6.05. The molecule has 4 heteroatoms. The molecule has 0 aromatic heterocycles. The maximum Gasteiger partial charge on any atom is 0.0729 e. The van der Waals surface area contributed by atoms with Crippen molar-refractivity contribution in [3.8, 4) is 0 Å². The lowest BCUT2D eigenvalue weighted by molar-refractivity contribution is -0.00320. The monoisotopic (exact) mass is 287 g/mol. The van der Waals surface area contributed by atoms with E-state index in [-0.39, 0.29) is 0 Å². The summed E-state index contributed by atoms with van der Waals surface area (Å²) in [5.74, 6) is 0.559. The zero-order valence-electron chi connectivity index (χ0n) is 10.8. The number of benzene rings is 1. The second-order valence-corrected chi connectivity index (χ2v) is 5.85. The van der Waals surface area contributed by atoms with Crippen molar-refractivity contribution in [2.45, 2.75) is 18.9 Å². The Hall–Kier alpha value is -0.280. The van der Waals surface area contributed by atoms with Crippen LogP contribution < -0.4 is 0 Å². The smallest absolute Gasteiger partial charge is 0.0729 e. The zero-order chi connectivity index (χ0) is 13.1. The minimum Gasteiger partial charge on any atom is -0.380 e. The number of hydrogen-bond acceptors (Lipinski definition) is 2. The number of methoxy groups -OCH3 is 1. The van der Waals surface area contributed by atoms with Crippen molar-refractivity contribution in [2.75, 3.05) is 27.2 Å². The molecule has 100 valence electrons. The Morgan fingerprint density at radius 2 is 2.11 bits per heavy atom. The molecule has 1 saturated heterocycles. The molecule has 2 rings (SSSR count). The molecule has 2 nitrogen and oxygen atoms in total. The van der Waals surface area contributed by atoms with Crippen LogP contribution in [0.2, 0.25) is 10.0 Å². The van der Waals surface area contributed by atoms with Crippen LogP contribution in [0.25, 0.3) is 0 Å². The molecule has 0 radical (unpaired) electrons. The third-order valence-corrected chi connectivity index (χ3v) is 4.42. The zero-order valence-corrected chi connectivity index (χ0v) is 12.3. The van der Waals surface area contributed by atoms with E-state index in [0.29, 0.717) is 22.1 Å². The van der Waals surface area contributed by atoms with Gasteiger partial charge in [0.25, 0.3) is 0 Å². The second-order valence-electron chi connectivity index (χ2n) is 5.04. The van der Waals surface area contributed by atoms with Gasteiger partial charge in [-0.3, -0.25) is 0 Å². The van der Waals surface area contributed by atoms with Gasteiger partial charge in [-0.1, -0.05) is 29.3 Å². The minimum atomic E-state index is 0.304. The van der Waals surface area contributed by atoms with Crippen LogP contribution in [0.5, 0.6) is 0 Å². The maximum atomic E-state index is 6.05. The molecule has 1 fully saturated rings. The Morgan fingerprint density at radius 3 is 2.78 bits per heavy atom. The Labute approximate surface area is 119 Å². The molecular weight excluding hydrogens is 269 g/mol. The highest BCUT2D eigenvalue weighted by Gasteiger charge is 2.27. The molecule has 2 atom stereocenters. The van der Waals surface area contributed by atoms with Gasteiger partial charge in [0, 0.05) is 13.7 Å². The third-order valence-electron chi connectivity index (χ3n) is 3.68. The topological polar surface area (TPSA) is 12.5 Å². The van der Waals surface area contributed by atoms with E-state index in [1.165, 1.54) is 5.56 Å². The van der Waals surface area contributed by atoms with E-state index in [4.69, 9.17) is 27.9 Å². The van der Waals surface area contributed by atoms with Crippen molar-refractivity contribution >= 4 is 23.2 Å². The van der Waals surface area contributed by atoms with Crippen LogP contribution in [0.1, 0.15) is 12.0 Å². The number of rotatable bonds is 3. The normalized spacial score (nSPS) is 25.3. The summed E-state index contributed by atoms with van der Waals surface area (Å²) in [6, 6.07) is 5.89. The van der Waals surface area contributed by atoms with E-state index in [1.54, 1.807) is 7.11 Å². The number of likely N-dealkylation sites (N-methyl/N-ethyl adjacent to an activating group) is 1. The molecule has 0 bridgehead atoms. The van der Waals surface area contributed by atoms with Crippen molar-refractivity contribution in [2.24, 2.45) is 5.92 Å². The average Bonchev–Trinajstić information content (AvgIpc) is 2.36. The Balaban J connectivity index is 2.05. The first-order valence-corrected chi connectivity index (χ1v) is 7.01. The highest BCUT2D eigenvalue weighted by atomic mass is 35.5. The average molecular weight is 288 g/mol. The van der Waals surface area contributed by atoms with Crippen LogP contribution in [0.4, 0.5) is 0 Å². The van der Waals surface area contributed by atoms with E-state index >= 15 is 0 Å². The largest absolute Gasteiger partial charge is 0.380 e. The molecule has 1 aliphatic rings. The Morgan fingerprint density at radius 1 is 1.33 bits per heavy atom. The fraction of sp³-hybridized carbons (Fsp3) is 0.571. The van der Waals surface area contributed by atoms with Crippen molar-refractivity contribution in [3.05, 3.63) is 33.8 Å². The standard InChI is InChI=1S/C14H19Cl2NO/c1-17-6-5-11(14(9-17)18-2)7-10-3-4-12(15)13(16)8-10/h3-4,8,11,14H,5-7,9H2,1-2H3/t11?,14-/m1/s1. The first-order valence-electron chi connectivity index (χ1n) is 6.25. The van der Waals surface area contributed by atoms with Gasteiger partial charge in [0.15, 0.2) is 0 Å². The number of hydrogen-bond donors (Lipinski definition) is 0. The summed E-state index contributed by atoms with van der Waals surface area (Å²) in [6.45, 7) is 2.13. The molecule has 0 N–H and O–H groups in total. The van der Waals surface area contributed by atoms with Crippen molar-refractivity contribution < 1.29 is 4.74 Å². The molecule has 0 aliphatic carbocycles. The van der Waals surface area contributed by atoms with Gasteiger partial charge < -0.3 is 9.64 Å². The SMILES string of the molecule is CO[C@@H]1CN(C)CCC1Cc1ccc(Cl)c(Cl)c1. The number of nitrogens with zero attached hydrogens (tertiary/aromatic N) is 1. The van der Waals surface area contributed by atoms with E-state index in [9.17, 15) is 0 Å². The summed E-state index contributed by atoms with van der Waals surface area (Å²) in [4.78, 5) is 2.32. The van der Waals surface area contributed by atoms with Gasteiger partial charge in [0.2, 0.25) is 0 Å². The fourth-order valence-corrected chi connectivity index (χ4v) is 2.91. The predicted molar refractivity (Wildman–Crippen MR) is 76.6 cm³/mol. The van der Waals surface area contributed by atoms with E-state index in [1.807, 2.05) is 12.1 Å². The van der Waals surface area contributed by atoms with Crippen LogP contribution >= 0.6 is 23.2 Å². The van der Waals surface area contributed by atoms with Crippen molar-refractivity contribution in [1.82, 2.24) is 4.90 Å². The molecule has 1 heterocycles. The Bertz CT molecular complexity index is 411. The van der Waals surface area contributed by atoms with Gasteiger partial charge in [-0.15, -0.1) is 0 Å². The van der Waals surface area contributed by atoms with Gasteiger partial charge in [0.05, 0.1) is 16.1 Å². The molecule has 1 aromatic rings. The number of piperidine rings is 1. The third kappa shape index (κ3) is 3.39. The summed E-state index contributed by atoms with van der Waals surface area (Å²) in [6.07, 6.45) is 2.47. The van der Waals surface area contributed by atoms with Crippen LogP contribution in [0.15, 0.2) is 18.2 Å². The number of likely N-dealkylation sites (tertiary alicyclic amines) is 1. The summed E-state index contributed by atoms with van der Waals surface area (Å²) < 4.78 is 5.60. The highest BCUT2D eigenvalue weighted by Crippen LogP contribution is 2.27. The van der Waals surface area contributed by atoms with Gasteiger partial charge in [0.1, 0.15) is 0 Å². The van der Waals surface area contributed by atoms with E-state index in [0.717, 1.165) is 25.9 Å². The Kier molecular flexibility index (Phi) is 4.91. The molecule has 0 spiro atoms. The minimum absolute atomic E-state index is 0.304. The van der Waals surface area contributed by atoms with Crippen molar-refractivity contribution in [3.63, 3.8) is 0 Å². The summed E-state index contributed by atoms with van der Waals surface area (Å²) in [7, 11) is 3.94. The lowest BCUT2D eigenvalue weighted by atomic mass is 9.88. The van der Waals surface area contributed by atoms with Gasteiger partial charge in [-0.25, -0.2) is 0 Å². The molecule has 1 aliphatic heterocycles. The summed E-state index contributed by atoms with van der Waals surface area (Å²) in [5.41, 5.74) is 1.24. The molecule has 1 aromatic carbocycles. The predicted octanol–water partition coefficient (Wildman–Crippen LogP) is 3.50. The fourth-order valence-electron chi connectivity index (χ4n) is 2.59. The molecule has 0 saturated carbocycles. The van der Waals surface area contributed by atoms with Crippen LogP contribution in [0, 0.1) is 5.92 Å². The van der Waals surface area contributed by atoms with Crippen LogP contribution in [-0.2, 0) is 11.2 Å². The van der Waals surface area contributed by atoms with Gasteiger partial charge >= 0.3 is 0 Å². The van der Waals surface area contributed by atoms with Gasteiger partial charge in [-0.2, -0.15) is 0 Å². The first-order chi connectivity index (χ1) is 8.60. The molecule has 18 heavy (non-hydrogen) atoms. The number of ether oxygens (including phenoxy) is 1. The van der Waals surface area contributed by atoms with E-state index < -0.39 is 0 Å². The molecular formula is C14H19Cl2NO. The second kappa shape index (κ2) is 6.25. The van der Waals surface area contributed by atoms with Crippen LogP contribution in [0.3, 0.4) is 0 Å². The van der Waals surface area contributed by atoms with Crippen LogP contribution in [-0.4, -0.2) is 38.3 Å². The highest BCUT2D eigenvalue weighted by molar-refractivity contribution is 6.42. The summed E-state index contributed by atoms with van der Waals surface area (Å²) >= 11 is 12.0. The molecule has 0 amide bonds. The summed E-state index contributed by atoms with van der Waals surface area (Å²) in [5, 5.41) is 1.25. The molecule has 1 unspecified atom stereocenters. The quantitative estimate of drug-likeness (QED) is 0.844. The van der Waals surface area contributed by atoms with E-state index in [2.05, 4.69) is 18.0 Å².